The van der Waals surface area contributed by atoms with E-state index >= 15 is 0 Å². The second kappa shape index (κ2) is 6.77. The molecule has 1 aliphatic heterocycles. The molecule has 1 fully saturated rings. The predicted octanol–water partition coefficient (Wildman–Crippen LogP) is 3.15. The highest BCUT2D eigenvalue weighted by Gasteiger charge is 2.15. The van der Waals surface area contributed by atoms with Crippen LogP contribution in [0.4, 0.5) is 0 Å². The number of hydrogen-bond acceptors (Lipinski definition) is 2. The summed E-state index contributed by atoms with van der Waals surface area (Å²) in [5, 5.41) is 3.66. The third kappa shape index (κ3) is 3.83. The summed E-state index contributed by atoms with van der Waals surface area (Å²) >= 11 is 0. The van der Waals surface area contributed by atoms with Crippen molar-refractivity contribution in [2.45, 2.75) is 32.2 Å². The molecule has 1 aromatic rings. The third-order valence-electron chi connectivity index (χ3n) is 3.58. The summed E-state index contributed by atoms with van der Waals surface area (Å²) in [7, 11) is 0. The van der Waals surface area contributed by atoms with E-state index in [4.69, 9.17) is 4.74 Å². The SMILES string of the molecule is CCC(NCCC1CCOC1)c1ccccc1. The van der Waals surface area contributed by atoms with Gasteiger partial charge in [-0.3, -0.25) is 0 Å². The van der Waals surface area contributed by atoms with Crippen LogP contribution >= 0.6 is 0 Å². The van der Waals surface area contributed by atoms with Gasteiger partial charge in [0.05, 0.1) is 0 Å². The first-order chi connectivity index (χ1) is 8.40. The van der Waals surface area contributed by atoms with Crippen molar-refractivity contribution in [3.8, 4) is 0 Å². The molecule has 94 valence electrons. The lowest BCUT2D eigenvalue weighted by Crippen LogP contribution is -2.23. The van der Waals surface area contributed by atoms with Crippen LogP contribution in [0, 0.1) is 5.92 Å². The number of nitrogens with one attached hydrogen (secondary N) is 1. The lowest BCUT2D eigenvalue weighted by molar-refractivity contribution is 0.184. The van der Waals surface area contributed by atoms with E-state index in [1.165, 1.54) is 18.4 Å². The maximum atomic E-state index is 5.40. The van der Waals surface area contributed by atoms with Crippen molar-refractivity contribution in [2.24, 2.45) is 5.92 Å². The Bertz CT molecular complexity index is 306. The number of hydrogen-bond donors (Lipinski definition) is 1. The lowest BCUT2D eigenvalue weighted by atomic mass is 10.0. The van der Waals surface area contributed by atoms with Gasteiger partial charge in [-0.1, -0.05) is 37.3 Å². The van der Waals surface area contributed by atoms with Gasteiger partial charge in [0.15, 0.2) is 0 Å². The first-order valence-electron chi connectivity index (χ1n) is 6.76. The third-order valence-corrected chi connectivity index (χ3v) is 3.58. The van der Waals surface area contributed by atoms with Crippen molar-refractivity contribution in [1.29, 1.82) is 0 Å². The molecule has 2 nitrogen and oxygen atoms in total. The molecule has 0 saturated carbocycles. The first-order valence-corrected chi connectivity index (χ1v) is 6.76. The molecule has 0 spiro atoms. The molecule has 2 rings (SSSR count). The summed E-state index contributed by atoms with van der Waals surface area (Å²) in [4.78, 5) is 0. The summed E-state index contributed by atoms with van der Waals surface area (Å²) in [5.41, 5.74) is 1.40. The minimum atomic E-state index is 0.499. The zero-order valence-corrected chi connectivity index (χ0v) is 10.7. The zero-order valence-electron chi connectivity index (χ0n) is 10.7. The van der Waals surface area contributed by atoms with Crippen molar-refractivity contribution in [2.75, 3.05) is 19.8 Å². The highest BCUT2D eigenvalue weighted by Crippen LogP contribution is 2.18. The van der Waals surface area contributed by atoms with Crippen molar-refractivity contribution in [3.63, 3.8) is 0 Å². The minimum absolute atomic E-state index is 0.499. The fraction of sp³-hybridized carbons (Fsp3) is 0.600. The largest absolute Gasteiger partial charge is 0.381 e. The van der Waals surface area contributed by atoms with Gasteiger partial charge in [-0.15, -0.1) is 0 Å². The second-order valence-corrected chi connectivity index (χ2v) is 4.84. The van der Waals surface area contributed by atoms with Crippen LogP contribution in [0.15, 0.2) is 30.3 Å². The molecule has 0 bridgehead atoms. The molecule has 2 heteroatoms. The Kier molecular flexibility index (Phi) is 5.02. The summed E-state index contributed by atoms with van der Waals surface area (Å²) in [6, 6.07) is 11.2. The van der Waals surface area contributed by atoms with Crippen LogP contribution in [0.1, 0.15) is 37.8 Å². The van der Waals surface area contributed by atoms with E-state index < -0.39 is 0 Å². The molecule has 1 N–H and O–H groups in total. The van der Waals surface area contributed by atoms with Gasteiger partial charge in [0.25, 0.3) is 0 Å². The molecule has 1 aromatic carbocycles. The van der Waals surface area contributed by atoms with Gasteiger partial charge in [0.1, 0.15) is 0 Å². The van der Waals surface area contributed by atoms with Crippen LogP contribution < -0.4 is 5.32 Å². The lowest BCUT2D eigenvalue weighted by Gasteiger charge is -2.18. The molecule has 1 saturated heterocycles. The summed E-state index contributed by atoms with van der Waals surface area (Å²) in [5.74, 6) is 0.774. The molecule has 2 atom stereocenters. The molecular weight excluding hydrogens is 210 g/mol. The quantitative estimate of drug-likeness (QED) is 0.815. The Morgan fingerprint density at radius 3 is 2.82 bits per heavy atom. The average Bonchev–Trinajstić information content (AvgIpc) is 2.89. The Hall–Kier alpha value is -0.860. The minimum Gasteiger partial charge on any atom is -0.381 e. The van der Waals surface area contributed by atoms with Crippen molar-refractivity contribution in [1.82, 2.24) is 5.32 Å². The van der Waals surface area contributed by atoms with Gasteiger partial charge in [-0.05, 0) is 37.3 Å². The summed E-state index contributed by atoms with van der Waals surface area (Å²) < 4.78 is 5.40. The highest BCUT2D eigenvalue weighted by atomic mass is 16.5. The molecule has 0 radical (unpaired) electrons. The van der Waals surface area contributed by atoms with E-state index in [2.05, 4.69) is 42.6 Å². The molecule has 2 unspecified atom stereocenters. The summed E-state index contributed by atoms with van der Waals surface area (Å²) in [6.45, 7) is 5.26. The van der Waals surface area contributed by atoms with Crippen molar-refractivity contribution in [3.05, 3.63) is 35.9 Å². The van der Waals surface area contributed by atoms with Crippen molar-refractivity contribution < 1.29 is 4.74 Å². The predicted molar refractivity (Wildman–Crippen MR) is 71.0 cm³/mol. The van der Waals surface area contributed by atoms with Crippen LogP contribution in [0.25, 0.3) is 0 Å². The molecule has 1 heterocycles. The molecule has 17 heavy (non-hydrogen) atoms. The van der Waals surface area contributed by atoms with Crippen LogP contribution in [0.2, 0.25) is 0 Å². The number of ether oxygens (including phenoxy) is 1. The molecule has 0 aromatic heterocycles. The number of rotatable bonds is 6. The first kappa shape index (κ1) is 12.6. The van der Waals surface area contributed by atoms with E-state index in [9.17, 15) is 0 Å². The second-order valence-electron chi connectivity index (χ2n) is 4.84. The fourth-order valence-electron chi connectivity index (χ4n) is 2.46. The van der Waals surface area contributed by atoms with Crippen LogP contribution in [-0.2, 0) is 4.74 Å². The Balaban J connectivity index is 1.75. The molecular formula is C15H23NO. The Morgan fingerprint density at radius 2 is 2.18 bits per heavy atom. The van der Waals surface area contributed by atoms with Crippen LogP contribution in [-0.4, -0.2) is 19.8 Å². The van der Waals surface area contributed by atoms with Gasteiger partial charge in [0.2, 0.25) is 0 Å². The Morgan fingerprint density at radius 1 is 1.35 bits per heavy atom. The smallest absolute Gasteiger partial charge is 0.0495 e. The van der Waals surface area contributed by atoms with Gasteiger partial charge >= 0.3 is 0 Å². The fourth-order valence-corrected chi connectivity index (χ4v) is 2.46. The standard InChI is InChI=1S/C15H23NO/c1-2-15(14-6-4-3-5-7-14)16-10-8-13-9-11-17-12-13/h3-7,13,15-16H,2,8-12H2,1H3. The van der Waals surface area contributed by atoms with E-state index in [-0.39, 0.29) is 0 Å². The van der Waals surface area contributed by atoms with E-state index in [1.54, 1.807) is 0 Å². The van der Waals surface area contributed by atoms with Gasteiger partial charge in [0, 0.05) is 19.3 Å². The van der Waals surface area contributed by atoms with Crippen molar-refractivity contribution >= 4 is 0 Å². The Labute approximate surface area is 104 Å². The highest BCUT2D eigenvalue weighted by molar-refractivity contribution is 5.18. The average molecular weight is 233 g/mol. The van der Waals surface area contributed by atoms with Gasteiger partial charge in [-0.2, -0.15) is 0 Å². The van der Waals surface area contributed by atoms with E-state index in [0.29, 0.717) is 6.04 Å². The molecule has 1 aliphatic rings. The van der Waals surface area contributed by atoms with Gasteiger partial charge in [-0.25, -0.2) is 0 Å². The molecule has 0 aliphatic carbocycles. The monoisotopic (exact) mass is 233 g/mol. The summed E-state index contributed by atoms with van der Waals surface area (Å²) in [6.07, 6.45) is 3.62. The zero-order chi connectivity index (χ0) is 11.9. The van der Waals surface area contributed by atoms with Gasteiger partial charge < -0.3 is 10.1 Å². The van der Waals surface area contributed by atoms with Crippen LogP contribution in [0.5, 0.6) is 0 Å². The molecule has 0 amide bonds. The topological polar surface area (TPSA) is 21.3 Å². The van der Waals surface area contributed by atoms with Crippen LogP contribution in [0.3, 0.4) is 0 Å². The van der Waals surface area contributed by atoms with E-state index in [0.717, 1.165) is 32.1 Å². The maximum Gasteiger partial charge on any atom is 0.0495 e. The number of benzene rings is 1. The van der Waals surface area contributed by atoms with E-state index in [1.807, 2.05) is 0 Å². The maximum absolute atomic E-state index is 5.40. The normalized spacial score (nSPS) is 21.6.